The van der Waals surface area contributed by atoms with Crippen LogP contribution in [0.5, 0.6) is 0 Å². The molecule has 0 amide bonds. The number of hydrogen-bond acceptors (Lipinski definition) is 3. The van der Waals surface area contributed by atoms with Crippen LogP contribution >= 0.6 is 0 Å². The van der Waals surface area contributed by atoms with Crippen LogP contribution in [0, 0.1) is 0 Å². The zero-order valence-electron chi connectivity index (χ0n) is 22.8. The molecule has 0 aromatic rings. The maximum atomic E-state index is 8.84. The third kappa shape index (κ3) is 28.0. The van der Waals surface area contributed by atoms with Crippen LogP contribution in [0.15, 0.2) is 0 Å². The van der Waals surface area contributed by atoms with Gasteiger partial charge in [-0.15, -0.1) is 0 Å². The average molecular weight is 470 g/mol. The van der Waals surface area contributed by atoms with E-state index in [1.54, 1.807) is 0 Å². The van der Waals surface area contributed by atoms with E-state index in [1.807, 2.05) is 0 Å². The Morgan fingerprint density at radius 3 is 0.848 bits per heavy atom. The molecule has 3 heteroatoms. The molecule has 0 aliphatic rings. The second-order valence-corrected chi connectivity index (χ2v) is 10.4. The van der Waals surface area contributed by atoms with Gasteiger partial charge in [-0.25, -0.2) is 0 Å². The van der Waals surface area contributed by atoms with Crippen molar-refractivity contribution in [3.63, 3.8) is 0 Å². The Kier molecular flexibility index (Phi) is 29.8. The van der Waals surface area contributed by atoms with Gasteiger partial charge in [-0.3, -0.25) is 0 Å². The minimum absolute atomic E-state index is 0.362. The maximum absolute atomic E-state index is 8.84. The van der Waals surface area contributed by atoms with Crippen molar-refractivity contribution in [1.82, 2.24) is 4.90 Å². The molecule has 0 radical (unpaired) electrons. The molecule has 0 aliphatic carbocycles. The summed E-state index contributed by atoms with van der Waals surface area (Å²) in [6, 6.07) is 0. The fourth-order valence-electron chi connectivity index (χ4n) is 4.82. The van der Waals surface area contributed by atoms with Crippen LogP contribution in [0.2, 0.25) is 0 Å². The predicted octanol–water partition coefficient (Wildman–Crippen LogP) is 8.66. The summed E-state index contributed by atoms with van der Waals surface area (Å²) in [5.74, 6) is 0. The lowest BCUT2D eigenvalue weighted by atomic mass is 10.1. The van der Waals surface area contributed by atoms with Gasteiger partial charge in [0.2, 0.25) is 0 Å². The largest absolute Gasteiger partial charge is 0.396 e. The second-order valence-electron chi connectivity index (χ2n) is 10.4. The van der Waals surface area contributed by atoms with Crippen LogP contribution in [-0.4, -0.2) is 48.0 Å². The smallest absolute Gasteiger partial charge is 0.0431 e. The van der Waals surface area contributed by atoms with Crippen LogP contribution in [0.3, 0.4) is 0 Å². The lowest BCUT2D eigenvalue weighted by Crippen LogP contribution is -2.27. The number of aliphatic hydroxyl groups is 2. The zero-order valence-corrected chi connectivity index (χ0v) is 22.8. The Hall–Kier alpha value is -0.120. The van der Waals surface area contributed by atoms with Gasteiger partial charge >= 0.3 is 0 Å². The first-order chi connectivity index (χ1) is 16.3. The van der Waals surface area contributed by atoms with Gasteiger partial charge in [0.25, 0.3) is 0 Å². The van der Waals surface area contributed by atoms with Gasteiger partial charge in [0.05, 0.1) is 0 Å². The molecule has 200 valence electrons. The SMILES string of the molecule is CCCCCCCCN(CCCCCCCCCCCO)CCCCCCCCCCCO. The molecule has 0 heterocycles. The van der Waals surface area contributed by atoms with E-state index < -0.39 is 0 Å². The van der Waals surface area contributed by atoms with Crippen molar-refractivity contribution in [2.24, 2.45) is 0 Å². The molecule has 0 fully saturated rings. The molecular formula is C30H63NO2. The van der Waals surface area contributed by atoms with Gasteiger partial charge in [0.1, 0.15) is 0 Å². The van der Waals surface area contributed by atoms with E-state index in [1.165, 1.54) is 161 Å². The van der Waals surface area contributed by atoms with Crippen LogP contribution < -0.4 is 0 Å². The number of aliphatic hydroxyl groups excluding tert-OH is 2. The Balaban J connectivity index is 3.79. The summed E-state index contributed by atoms with van der Waals surface area (Å²) in [5.41, 5.74) is 0. The van der Waals surface area contributed by atoms with Gasteiger partial charge in [-0.1, -0.05) is 129 Å². The molecule has 0 unspecified atom stereocenters. The molecule has 0 aromatic heterocycles. The quantitative estimate of drug-likeness (QED) is 0.108. The van der Waals surface area contributed by atoms with Gasteiger partial charge in [-0.05, 0) is 51.7 Å². The number of hydrogen-bond donors (Lipinski definition) is 2. The first kappa shape index (κ1) is 32.9. The molecule has 0 aliphatic heterocycles. The van der Waals surface area contributed by atoms with Crippen molar-refractivity contribution in [3.8, 4) is 0 Å². The van der Waals surface area contributed by atoms with E-state index in [-0.39, 0.29) is 0 Å². The summed E-state index contributed by atoms with van der Waals surface area (Å²) >= 11 is 0. The first-order valence-corrected chi connectivity index (χ1v) is 15.3. The number of nitrogens with zero attached hydrogens (tertiary/aromatic N) is 1. The molecule has 0 atom stereocenters. The summed E-state index contributed by atoms with van der Waals surface area (Å²) in [5, 5.41) is 17.7. The first-order valence-electron chi connectivity index (χ1n) is 15.3. The topological polar surface area (TPSA) is 43.7 Å². The second kappa shape index (κ2) is 29.9. The van der Waals surface area contributed by atoms with Crippen molar-refractivity contribution < 1.29 is 10.2 Å². The van der Waals surface area contributed by atoms with Crippen LogP contribution in [0.1, 0.15) is 161 Å². The Morgan fingerprint density at radius 1 is 0.333 bits per heavy atom. The van der Waals surface area contributed by atoms with Gasteiger partial charge in [0.15, 0.2) is 0 Å². The van der Waals surface area contributed by atoms with E-state index in [0.29, 0.717) is 13.2 Å². The number of rotatable bonds is 29. The Labute approximate surface area is 209 Å². The van der Waals surface area contributed by atoms with E-state index in [2.05, 4.69) is 11.8 Å². The van der Waals surface area contributed by atoms with E-state index in [4.69, 9.17) is 10.2 Å². The minimum Gasteiger partial charge on any atom is -0.396 e. The predicted molar refractivity (Wildman–Crippen MR) is 147 cm³/mol. The van der Waals surface area contributed by atoms with Crippen molar-refractivity contribution in [2.75, 3.05) is 32.8 Å². The van der Waals surface area contributed by atoms with Gasteiger partial charge in [-0.2, -0.15) is 0 Å². The van der Waals surface area contributed by atoms with Crippen molar-refractivity contribution in [2.45, 2.75) is 161 Å². The maximum Gasteiger partial charge on any atom is 0.0431 e. The summed E-state index contributed by atoms with van der Waals surface area (Å²) in [6.45, 7) is 6.98. The van der Waals surface area contributed by atoms with E-state index in [0.717, 1.165) is 12.8 Å². The van der Waals surface area contributed by atoms with Crippen LogP contribution in [-0.2, 0) is 0 Å². The zero-order chi connectivity index (χ0) is 24.1. The molecule has 0 rings (SSSR count). The summed E-state index contributed by atoms with van der Waals surface area (Å²) in [6.07, 6.45) is 32.1. The third-order valence-electron chi connectivity index (χ3n) is 7.09. The third-order valence-corrected chi connectivity index (χ3v) is 7.09. The normalized spacial score (nSPS) is 11.6. The molecule has 0 spiro atoms. The van der Waals surface area contributed by atoms with Crippen LogP contribution in [0.4, 0.5) is 0 Å². The molecular weight excluding hydrogens is 406 g/mol. The highest BCUT2D eigenvalue weighted by molar-refractivity contribution is 4.61. The molecule has 2 N–H and O–H groups in total. The molecule has 0 saturated carbocycles. The number of unbranched alkanes of at least 4 members (excludes halogenated alkanes) is 21. The molecule has 0 aromatic carbocycles. The van der Waals surface area contributed by atoms with Gasteiger partial charge < -0.3 is 15.1 Å². The lowest BCUT2D eigenvalue weighted by molar-refractivity contribution is 0.254. The lowest BCUT2D eigenvalue weighted by Gasteiger charge is -2.22. The highest BCUT2D eigenvalue weighted by atomic mass is 16.3. The van der Waals surface area contributed by atoms with Crippen molar-refractivity contribution >= 4 is 0 Å². The molecule has 0 bridgehead atoms. The Morgan fingerprint density at radius 2 is 0.576 bits per heavy atom. The van der Waals surface area contributed by atoms with E-state index in [9.17, 15) is 0 Å². The summed E-state index contributed by atoms with van der Waals surface area (Å²) in [7, 11) is 0. The van der Waals surface area contributed by atoms with E-state index >= 15 is 0 Å². The highest BCUT2D eigenvalue weighted by Crippen LogP contribution is 2.13. The van der Waals surface area contributed by atoms with Gasteiger partial charge in [0, 0.05) is 13.2 Å². The standard InChI is InChI=1S/C30H63NO2/c1-2-3-4-5-16-21-26-31(27-22-17-12-8-6-10-14-19-24-29-32)28-23-18-13-9-7-11-15-20-25-30-33/h32-33H,2-30H2,1H3. The molecule has 33 heavy (non-hydrogen) atoms. The average Bonchev–Trinajstić information content (AvgIpc) is 2.83. The fraction of sp³-hybridized carbons (Fsp3) is 1.00. The monoisotopic (exact) mass is 469 g/mol. The van der Waals surface area contributed by atoms with Crippen molar-refractivity contribution in [1.29, 1.82) is 0 Å². The summed E-state index contributed by atoms with van der Waals surface area (Å²) in [4.78, 5) is 2.78. The fourth-order valence-corrected chi connectivity index (χ4v) is 4.82. The van der Waals surface area contributed by atoms with Crippen LogP contribution in [0.25, 0.3) is 0 Å². The molecule has 0 saturated heterocycles. The highest BCUT2D eigenvalue weighted by Gasteiger charge is 2.05. The summed E-state index contributed by atoms with van der Waals surface area (Å²) < 4.78 is 0. The molecule has 3 nitrogen and oxygen atoms in total. The minimum atomic E-state index is 0.362. The Bertz CT molecular complexity index is 313. The van der Waals surface area contributed by atoms with Crippen molar-refractivity contribution in [3.05, 3.63) is 0 Å².